The van der Waals surface area contributed by atoms with Gasteiger partial charge in [-0.3, -0.25) is 4.79 Å². The summed E-state index contributed by atoms with van der Waals surface area (Å²) in [7, 11) is 1.60. The molecule has 1 saturated carbocycles. The van der Waals surface area contributed by atoms with E-state index < -0.39 is 0 Å². The van der Waals surface area contributed by atoms with Crippen LogP contribution < -0.4 is 10.1 Å². The van der Waals surface area contributed by atoms with Crippen molar-refractivity contribution in [3.05, 3.63) is 28.8 Å². The largest absolute Gasteiger partial charge is 0.495 e. The molecule has 1 atom stereocenters. The fourth-order valence-electron chi connectivity index (χ4n) is 3.94. The molecule has 5 heteroatoms. The lowest BCUT2D eigenvalue weighted by molar-refractivity contribution is -0.125. The summed E-state index contributed by atoms with van der Waals surface area (Å²) in [5.74, 6) is 0.774. The van der Waals surface area contributed by atoms with Crippen LogP contribution in [-0.4, -0.2) is 31.3 Å². The lowest BCUT2D eigenvalue weighted by Crippen LogP contribution is -2.47. The van der Waals surface area contributed by atoms with Crippen molar-refractivity contribution in [2.75, 3.05) is 13.7 Å². The van der Waals surface area contributed by atoms with Crippen LogP contribution in [-0.2, 0) is 16.0 Å². The van der Waals surface area contributed by atoms with E-state index in [-0.39, 0.29) is 17.6 Å². The summed E-state index contributed by atoms with van der Waals surface area (Å²) >= 11 is 6.13. The zero-order valence-electron chi connectivity index (χ0n) is 14.3. The van der Waals surface area contributed by atoms with E-state index in [1.807, 2.05) is 18.2 Å². The molecule has 1 N–H and O–H groups in total. The van der Waals surface area contributed by atoms with Gasteiger partial charge in [-0.1, -0.05) is 30.5 Å². The van der Waals surface area contributed by atoms with E-state index in [2.05, 4.69) is 5.32 Å². The highest BCUT2D eigenvalue weighted by atomic mass is 35.5. The molecule has 1 saturated heterocycles. The van der Waals surface area contributed by atoms with Gasteiger partial charge in [-0.05, 0) is 49.8 Å². The van der Waals surface area contributed by atoms with Crippen LogP contribution in [0.4, 0.5) is 0 Å². The van der Waals surface area contributed by atoms with Gasteiger partial charge in [0.1, 0.15) is 5.75 Å². The van der Waals surface area contributed by atoms with Gasteiger partial charge in [-0.15, -0.1) is 0 Å². The molecular formula is C19H26ClNO3. The van der Waals surface area contributed by atoms with Crippen molar-refractivity contribution in [2.24, 2.45) is 0 Å². The Bertz CT molecular complexity index is 584. The molecule has 1 aromatic carbocycles. The van der Waals surface area contributed by atoms with Crippen molar-refractivity contribution in [2.45, 2.75) is 63.0 Å². The van der Waals surface area contributed by atoms with E-state index in [4.69, 9.17) is 21.1 Å². The van der Waals surface area contributed by atoms with Gasteiger partial charge < -0.3 is 14.8 Å². The Labute approximate surface area is 148 Å². The molecule has 1 amide bonds. The van der Waals surface area contributed by atoms with Gasteiger partial charge in [0.2, 0.25) is 5.91 Å². The second kappa shape index (κ2) is 7.75. The predicted octanol–water partition coefficient (Wildman–Crippen LogP) is 3.89. The van der Waals surface area contributed by atoms with Gasteiger partial charge >= 0.3 is 0 Å². The minimum Gasteiger partial charge on any atom is -0.495 e. The number of ether oxygens (including phenoxy) is 2. The Morgan fingerprint density at radius 2 is 2.21 bits per heavy atom. The molecule has 3 rings (SSSR count). The van der Waals surface area contributed by atoms with Gasteiger partial charge in [-0.25, -0.2) is 0 Å². The summed E-state index contributed by atoms with van der Waals surface area (Å²) in [6, 6.07) is 5.93. The summed E-state index contributed by atoms with van der Waals surface area (Å²) in [4.78, 5) is 12.3. The molecule has 0 radical (unpaired) electrons. The molecule has 1 unspecified atom stereocenters. The number of amides is 1. The number of hydrogen-bond acceptors (Lipinski definition) is 3. The maximum Gasteiger partial charge on any atom is 0.220 e. The van der Waals surface area contributed by atoms with Crippen LogP contribution in [0.5, 0.6) is 5.75 Å². The van der Waals surface area contributed by atoms with Crippen molar-refractivity contribution in [1.82, 2.24) is 5.32 Å². The molecule has 1 heterocycles. The maximum atomic E-state index is 12.3. The molecule has 0 bridgehead atoms. The number of aryl methyl sites for hydroxylation is 1. The maximum absolute atomic E-state index is 12.3. The normalized spacial score (nSPS) is 22.5. The number of halogens is 1. The third-order valence-electron chi connectivity index (χ3n) is 5.23. The average molecular weight is 352 g/mol. The van der Waals surface area contributed by atoms with E-state index in [1.165, 1.54) is 12.8 Å². The van der Waals surface area contributed by atoms with Crippen molar-refractivity contribution in [3.8, 4) is 5.75 Å². The molecular weight excluding hydrogens is 326 g/mol. The fraction of sp³-hybridized carbons (Fsp3) is 0.632. The summed E-state index contributed by atoms with van der Waals surface area (Å²) < 4.78 is 11.2. The minimum atomic E-state index is 0.0414. The van der Waals surface area contributed by atoms with Crippen LogP contribution >= 0.6 is 11.6 Å². The lowest BCUT2D eigenvalue weighted by Gasteiger charge is -2.38. The Morgan fingerprint density at radius 3 is 2.92 bits per heavy atom. The molecule has 4 nitrogen and oxygen atoms in total. The molecule has 0 aromatic heterocycles. The number of hydrogen-bond donors (Lipinski definition) is 1. The third kappa shape index (κ3) is 4.22. The highest BCUT2D eigenvalue weighted by molar-refractivity contribution is 6.32. The number of benzene rings is 1. The standard InChI is InChI=1S/C19H26ClNO3/c1-23-17-6-4-14(12-16(17)20)5-7-18(22)21-15-8-11-24-19(13-15)9-2-3-10-19/h4,6,12,15H,2-3,5,7-11,13H2,1H3,(H,21,22). The highest BCUT2D eigenvalue weighted by Crippen LogP contribution is 2.40. The Hall–Kier alpha value is -1.26. The third-order valence-corrected chi connectivity index (χ3v) is 5.53. The molecule has 1 aliphatic carbocycles. The smallest absolute Gasteiger partial charge is 0.220 e. The van der Waals surface area contributed by atoms with Gasteiger partial charge in [0, 0.05) is 19.1 Å². The summed E-state index contributed by atoms with van der Waals surface area (Å²) in [5.41, 5.74) is 1.09. The van der Waals surface area contributed by atoms with Crippen LogP contribution in [0, 0.1) is 0 Å². The van der Waals surface area contributed by atoms with Gasteiger partial charge in [0.05, 0.1) is 17.7 Å². The van der Waals surface area contributed by atoms with Crippen LogP contribution in [0.3, 0.4) is 0 Å². The van der Waals surface area contributed by atoms with Crippen LogP contribution in [0.25, 0.3) is 0 Å². The number of nitrogens with one attached hydrogen (secondary N) is 1. The topological polar surface area (TPSA) is 47.6 Å². The van der Waals surface area contributed by atoms with Crippen LogP contribution in [0.15, 0.2) is 18.2 Å². The predicted molar refractivity (Wildman–Crippen MR) is 94.6 cm³/mol. The van der Waals surface area contributed by atoms with Crippen LogP contribution in [0.1, 0.15) is 50.5 Å². The molecule has 2 aliphatic rings. The Kier molecular flexibility index (Phi) is 5.67. The van der Waals surface area contributed by atoms with E-state index in [0.717, 1.165) is 37.9 Å². The molecule has 132 valence electrons. The highest BCUT2D eigenvalue weighted by Gasteiger charge is 2.40. The first-order chi connectivity index (χ1) is 11.6. The number of methoxy groups -OCH3 is 1. The quantitative estimate of drug-likeness (QED) is 0.875. The molecule has 1 aliphatic heterocycles. The Balaban J connectivity index is 1.48. The summed E-state index contributed by atoms with van der Waals surface area (Å²) in [6.07, 6.45) is 7.83. The zero-order valence-corrected chi connectivity index (χ0v) is 15.0. The molecule has 1 spiro atoms. The van der Waals surface area contributed by atoms with E-state index >= 15 is 0 Å². The van der Waals surface area contributed by atoms with E-state index in [0.29, 0.717) is 23.6 Å². The second-order valence-electron chi connectivity index (χ2n) is 6.96. The van der Waals surface area contributed by atoms with Crippen LogP contribution in [0.2, 0.25) is 5.02 Å². The molecule has 24 heavy (non-hydrogen) atoms. The van der Waals surface area contributed by atoms with Gasteiger partial charge in [0.25, 0.3) is 0 Å². The van der Waals surface area contributed by atoms with E-state index in [9.17, 15) is 4.79 Å². The van der Waals surface area contributed by atoms with Crippen molar-refractivity contribution in [1.29, 1.82) is 0 Å². The zero-order chi connectivity index (χ0) is 17.0. The number of carbonyl (C=O) groups excluding carboxylic acids is 1. The lowest BCUT2D eigenvalue weighted by atomic mass is 9.89. The van der Waals surface area contributed by atoms with Gasteiger partial charge in [-0.2, -0.15) is 0 Å². The van der Waals surface area contributed by atoms with Gasteiger partial charge in [0.15, 0.2) is 0 Å². The van der Waals surface area contributed by atoms with E-state index in [1.54, 1.807) is 7.11 Å². The second-order valence-corrected chi connectivity index (χ2v) is 7.37. The number of carbonyl (C=O) groups is 1. The average Bonchev–Trinajstić information content (AvgIpc) is 3.01. The fourth-order valence-corrected chi connectivity index (χ4v) is 4.22. The summed E-state index contributed by atoms with van der Waals surface area (Å²) in [5, 5.41) is 3.79. The molecule has 1 aromatic rings. The SMILES string of the molecule is COc1ccc(CCC(=O)NC2CCOC3(CCCC3)C2)cc1Cl. The monoisotopic (exact) mass is 351 g/mol. The first-order valence-corrected chi connectivity index (χ1v) is 9.24. The van der Waals surface area contributed by atoms with Crippen molar-refractivity contribution >= 4 is 17.5 Å². The first-order valence-electron chi connectivity index (χ1n) is 8.86. The minimum absolute atomic E-state index is 0.0414. The number of rotatable bonds is 5. The summed E-state index contributed by atoms with van der Waals surface area (Å²) in [6.45, 7) is 0.763. The molecule has 2 fully saturated rings. The first kappa shape index (κ1) is 17.6. The van der Waals surface area contributed by atoms with Crippen molar-refractivity contribution in [3.63, 3.8) is 0 Å². The van der Waals surface area contributed by atoms with Crippen molar-refractivity contribution < 1.29 is 14.3 Å². The Morgan fingerprint density at radius 1 is 1.42 bits per heavy atom.